The summed E-state index contributed by atoms with van der Waals surface area (Å²) in [5.74, 6) is -0.216. The summed E-state index contributed by atoms with van der Waals surface area (Å²) in [7, 11) is 0. The average Bonchev–Trinajstić information content (AvgIpc) is 3.00. The molecule has 4 heteroatoms. The van der Waals surface area contributed by atoms with Crippen LogP contribution in [0.15, 0.2) is 71.1 Å². The van der Waals surface area contributed by atoms with E-state index in [1.165, 1.54) is 0 Å². The van der Waals surface area contributed by atoms with Gasteiger partial charge < -0.3 is 9.73 Å². The molecule has 0 aliphatic carbocycles. The van der Waals surface area contributed by atoms with Crippen molar-refractivity contribution in [2.75, 3.05) is 5.32 Å². The van der Waals surface area contributed by atoms with Crippen LogP contribution in [0.25, 0.3) is 21.9 Å². The van der Waals surface area contributed by atoms with Gasteiger partial charge in [0.15, 0.2) is 0 Å². The van der Waals surface area contributed by atoms with Gasteiger partial charge in [0.25, 0.3) is 5.91 Å². The summed E-state index contributed by atoms with van der Waals surface area (Å²) in [4.78, 5) is 12.3. The zero-order valence-corrected chi connectivity index (χ0v) is 12.6. The lowest BCUT2D eigenvalue weighted by Crippen LogP contribution is -2.11. The number of benzene rings is 3. The Morgan fingerprint density at radius 2 is 1.67 bits per heavy atom. The van der Waals surface area contributed by atoms with Crippen molar-refractivity contribution in [3.05, 3.63) is 77.9 Å². The minimum atomic E-state index is -0.216. The summed E-state index contributed by atoms with van der Waals surface area (Å²) in [6, 6.07) is 21.9. The van der Waals surface area contributed by atoms with Gasteiger partial charge in [0.2, 0.25) is 0 Å². The summed E-state index contributed by atoms with van der Waals surface area (Å²) < 4.78 is 5.78. The monoisotopic (exact) mass is 312 g/mol. The number of hydrogen-bond acceptors (Lipinski definition) is 3. The van der Waals surface area contributed by atoms with E-state index in [4.69, 9.17) is 9.68 Å². The van der Waals surface area contributed by atoms with Gasteiger partial charge in [-0.2, -0.15) is 5.26 Å². The summed E-state index contributed by atoms with van der Waals surface area (Å²) >= 11 is 0. The first-order valence-corrected chi connectivity index (χ1v) is 7.47. The van der Waals surface area contributed by atoms with Gasteiger partial charge in [0.1, 0.15) is 11.2 Å². The van der Waals surface area contributed by atoms with Gasteiger partial charge in [0, 0.05) is 22.0 Å². The summed E-state index contributed by atoms with van der Waals surface area (Å²) in [6.45, 7) is 0. The Morgan fingerprint density at radius 1 is 0.917 bits per heavy atom. The predicted molar refractivity (Wildman–Crippen MR) is 92.8 cm³/mol. The first kappa shape index (κ1) is 14.0. The van der Waals surface area contributed by atoms with Crippen molar-refractivity contribution in [2.45, 2.75) is 0 Å². The molecule has 0 spiro atoms. The number of hydrogen-bond donors (Lipinski definition) is 1. The van der Waals surface area contributed by atoms with Crippen LogP contribution in [0.4, 0.5) is 5.69 Å². The van der Waals surface area contributed by atoms with E-state index in [2.05, 4.69) is 5.32 Å². The lowest BCUT2D eigenvalue weighted by Gasteiger charge is -2.05. The van der Waals surface area contributed by atoms with E-state index in [1.54, 1.807) is 24.3 Å². The lowest BCUT2D eigenvalue weighted by atomic mass is 10.1. The fourth-order valence-corrected chi connectivity index (χ4v) is 2.70. The molecule has 1 amide bonds. The maximum absolute atomic E-state index is 12.3. The van der Waals surface area contributed by atoms with Crippen molar-refractivity contribution in [2.24, 2.45) is 0 Å². The second-order valence-corrected chi connectivity index (χ2v) is 5.45. The van der Waals surface area contributed by atoms with Crippen LogP contribution >= 0.6 is 0 Å². The smallest absolute Gasteiger partial charge is 0.255 e. The van der Waals surface area contributed by atoms with E-state index >= 15 is 0 Å². The maximum Gasteiger partial charge on any atom is 0.255 e. The third-order valence-electron chi connectivity index (χ3n) is 3.91. The van der Waals surface area contributed by atoms with Crippen molar-refractivity contribution in [3.8, 4) is 6.07 Å². The maximum atomic E-state index is 12.3. The number of anilines is 1. The zero-order valence-electron chi connectivity index (χ0n) is 12.6. The van der Waals surface area contributed by atoms with E-state index in [0.29, 0.717) is 16.8 Å². The SMILES string of the molecule is N#Cc1ccc(C(=O)Nc2ccc3oc4ccccc4c3c2)cc1. The molecule has 1 N–H and O–H groups in total. The van der Waals surface area contributed by atoms with Crippen LogP contribution in [0.3, 0.4) is 0 Å². The van der Waals surface area contributed by atoms with Crippen molar-refractivity contribution in [3.63, 3.8) is 0 Å². The molecule has 4 rings (SSSR count). The first-order valence-electron chi connectivity index (χ1n) is 7.47. The Labute approximate surface area is 137 Å². The molecule has 0 saturated carbocycles. The van der Waals surface area contributed by atoms with Crippen LogP contribution in [-0.2, 0) is 0 Å². The third-order valence-corrected chi connectivity index (χ3v) is 3.91. The summed E-state index contributed by atoms with van der Waals surface area (Å²) in [5, 5.41) is 13.7. The quantitative estimate of drug-likeness (QED) is 0.583. The molecule has 0 unspecified atom stereocenters. The number of furan rings is 1. The molecule has 0 aliphatic rings. The molecule has 3 aromatic carbocycles. The highest BCUT2D eigenvalue weighted by Gasteiger charge is 2.10. The summed E-state index contributed by atoms with van der Waals surface area (Å²) in [5.41, 5.74) is 3.34. The molecule has 4 aromatic rings. The van der Waals surface area contributed by atoms with E-state index in [1.807, 2.05) is 48.5 Å². The molecule has 0 aliphatic heterocycles. The number of rotatable bonds is 2. The zero-order chi connectivity index (χ0) is 16.5. The van der Waals surface area contributed by atoms with Gasteiger partial charge in [-0.1, -0.05) is 18.2 Å². The number of carbonyl (C=O) groups excluding carboxylic acids is 1. The van der Waals surface area contributed by atoms with Crippen LogP contribution in [-0.4, -0.2) is 5.91 Å². The highest BCUT2D eigenvalue weighted by molar-refractivity contribution is 6.09. The molecule has 4 nitrogen and oxygen atoms in total. The fourth-order valence-electron chi connectivity index (χ4n) is 2.70. The fraction of sp³-hybridized carbons (Fsp3) is 0. The van der Waals surface area contributed by atoms with Gasteiger partial charge >= 0.3 is 0 Å². The Kier molecular flexibility index (Phi) is 3.25. The molecule has 1 heterocycles. The first-order chi connectivity index (χ1) is 11.7. The van der Waals surface area contributed by atoms with Crippen LogP contribution in [0.5, 0.6) is 0 Å². The highest BCUT2D eigenvalue weighted by Crippen LogP contribution is 2.30. The Morgan fingerprint density at radius 3 is 2.46 bits per heavy atom. The van der Waals surface area contributed by atoms with Crippen LogP contribution in [0.1, 0.15) is 15.9 Å². The molecule has 0 fully saturated rings. The minimum Gasteiger partial charge on any atom is -0.456 e. The van der Waals surface area contributed by atoms with Gasteiger partial charge in [-0.15, -0.1) is 0 Å². The molecular formula is C20H12N2O2. The number of nitrogens with zero attached hydrogens (tertiary/aromatic N) is 1. The third kappa shape index (κ3) is 2.38. The van der Waals surface area contributed by atoms with Crippen molar-refractivity contribution < 1.29 is 9.21 Å². The topological polar surface area (TPSA) is 66.0 Å². The minimum absolute atomic E-state index is 0.216. The van der Waals surface area contributed by atoms with Crippen LogP contribution in [0.2, 0.25) is 0 Å². The number of para-hydroxylation sites is 1. The normalized spacial score (nSPS) is 10.6. The molecular weight excluding hydrogens is 300 g/mol. The number of carbonyl (C=O) groups is 1. The highest BCUT2D eigenvalue weighted by atomic mass is 16.3. The van der Waals surface area contributed by atoms with Gasteiger partial charge in [-0.05, 0) is 48.5 Å². The molecule has 0 radical (unpaired) electrons. The molecule has 1 aromatic heterocycles. The van der Waals surface area contributed by atoms with Gasteiger partial charge in [-0.3, -0.25) is 4.79 Å². The molecule has 24 heavy (non-hydrogen) atoms. The lowest BCUT2D eigenvalue weighted by molar-refractivity contribution is 0.102. The molecule has 0 atom stereocenters. The number of amides is 1. The van der Waals surface area contributed by atoms with Crippen LogP contribution < -0.4 is 5.32 Å². The Hall–Kier alpha value is -3.58. The van der Waals surface area contributed by atoms with E-state index in [-0.39, 0.29) is 5.91 Å². The second kappa shape index (κ2) is 5.56. The largest absolute Gasteiger partial charge is 0.456 e. The Bertz CT molecular complexity index is 1100. The number of nitrogens with one attached hydrogen (secondary N) is 1. The summed E-state index contributed by atoms with van der Waals surface area (Å²) in [6.07, 6.45) is 0. The van der Waals surface area contributed by atoms with E-state index < -0.39 is 0 Å². The van der Waals surface area contributed by atoms with Gasteiger partial charge in [-0.25, -0.2) is 0 Å². The predicted octanol–water partition coefficient (Wildman–Crippen LogP) is 4.71. The van der Waals surface area contributed by atoms with Crippen molar-refractivity contribution in [1.82, 2.24) is 0 Å². The van der Waals surface area contributed by atoms with Crippen LogP contribution in [0, 0.1) is 11.3 Å². The average molecular weight is 312 g/mol. The van der Waals surface area contributed by atoms with E-state index in [0.717, 1.165) is 21.9 Å². The standard InChI is InChI=1S/C20H12N2O2/c21-12-13-5-7-14(8-6-13)20(23)22-15-9-10-19-17(11-15)16-3-1-2-4-18(16)24-19/h1-11H,(H,22,23). The van der Waals surface area contributed by atoms with Crippen molar-refractivity contribution in [1.29, 1.82) is 5.26 Å². The number of fused-ring (bicyclic) bond motifs is 3. The second-order valence-electron chi connectivity index (χ2n) is 5.45. The number of nitriles is 1. The molecule has 0 bridgehead atoms. The Balaban J connectivity index is 1.67. The molecule has 0 saturated heterocycles. The van der Waals surface area contributed by atoms with Crippen molar-refractivity contribution >= 4 is 33.5 Å². The van der Waals surface area contributed by atoms with E-state index in [9.17, 15) is 4.79 Å². The molecule has 114 valence electrons. The van der Waals surface area contributed by atoms with Gasteiger partial charge in [0.05, 0.1) is 11.6 Å².